The summed E-state index contributed by atoms with van der Waals surface area (Å²) in [7, 11) is 0. The molecule has 9 aromatic rings. The number of nitrogens with zero attached hydrogens (tertiary/aromatic N) is 2. The fraction of sp³-hybridized carbons (Fsp3) is 0.103. The summed E-state index contributed by atoms with van der Waals surface area (Å²) in [6, 6.07) is 70.9. The molecule has 61 heavy (non-hydrogen) atoms. The molecular weight excluding hydrogens is 741 g/mol. The van der Waals surface area contributed by atoms with E-state index < -0.39 is 0 Å². The standard InChI is InChI=1S/C58H44N2O/c1-57(2)50-24-13-11-21-44(50)46-29-26-41(34-52(46)57)59(38-17-7-5-8-18-38)40-28-31-54-49(33-40)48-23-15-16-37-32-43(36-55(61-54)56(37)48)60(39-19-9-6-10-20-39)42-27-30-47-45-22-12-14-25-51(45)58(3,4)53(47)35-42/h5-36H,1-4H3. The number of rotatable bonds is 6. The fourth-order valence-corrected chi connectivity index (χ4v) is 10.6. The highest BCUT2D eigenvalue weighted by atomic mass is 16.5. The zero-order valence-electron chi connectivity index (χ0n) is 34.8. The van der Waals surface area contributed by atoms with Crippen LogP contribution in [-0.2, 0) is 10.8 Å². The molecule has 3 heteroatoms. The summed E-state index contributed by atoms with van der Waals surface area (Å²) < 4.78 is 6.99. The predicted octanol–water partition coefficient (Wildman–Crippen LogP) is 16.2. The quantitative estimate of drug-likeness (QED) is 0.167. The minimum absolute atomic E-state index is 0.106. The van der Waals surface area contributed by atoms with E-state index in [0.29, 0.717) is 0 Å². The molecule has 0 atom stereocenters. The molecule has 0 spiro atoms. The maximum Gasteiger partial charge on any atom is 0.138 e. The van der Waals surface area contributed by atoms with Gasteiger partial charge in [0.25, 0.3) is 0 Å². The van der Waals surface area contributed by atoms with E-state index >= 15 is 0 Å². The van der Waals surface area contributed by atoms with Crippen LogP contribution in [0.15, 0.2) is 194 Å². The van der Waals surface area contributed by atoms with Gasteiger partial charge in [0.05, 0.1) is 5.69 Å². The van der Waals surface area contributed by atoms with Crippen molar-refractivity contribution in [1.82, 2.24) is 0 Å². The van der Waals surface area contributed by atoms with Crippen LogP contribution in [0.1, 0.15) is 49.9 Å². The highest BCUT2D eigenvalue weighted by Gasteiger charge is 2.37. The lowest BCUT2D eigenvalue weighted by Crippen LogP contribution is -2.16. The first-order valence-electron chi connectivity index (χ1n) is 21.3. The van der Waals surface area contributed by atoms with Crippen molar-refractivity contribution in [3.63, 3.8) is 0 Å². The van der Waals surface area contributed by atoms with E-state index in [4.69, 9.17) is 4.74 Å². The summed E-state index contributed by atoms with van der Waals surface area (Å²) in [6.45, 7) is 9.38. The van der Waals surface area contributed by atoms with E-state index in [-0.39, 0.29) is 10.8 Å². The SMILES string of the molecule is CC1(C)c2ccccc2-c2ccc(N(c3ccccc3)c3ccc4c(c3)-c3cccc5cc(N(c6ccccc6)c6ccc7c(c6)C(C)(C)c6ccccc6-7)cc(c35)O4)cc21. The Morgan fingerprint density at radius 2 is 0.787 bits per heavy atom. The van der Waals surface area contributed by atoms with Gasteiger partial charge in [0.1, 0.15) is 11.5 Å². The summed E-state index contributed by atoms with van der Waals surface area (Å²) in [4.78, 5) is 4.75. The number of benzene rings is 9. The minimum Gasteiger partial charge on any atom is -0.456 e. The van der Waals surface area contributed by atoms with Gasteiger partial charge in [-0.1, -0.05) is 143 Å². The lowest BCUT2D eigenvalue weighted by molar-refractivity contribution is 0.487. The third kappa shape index (κ3) is 5.30. The second-order valence-corrected chi connectivity index (χ2v) is 17.8. The average Bonchev–Trinajstić information content (AvgIpc) is 3.66. The van der Waals surface area contributed by atoms with Gasteiger partial charge < -0.3 is 14.5 Å². The van der Waals surface area contributed by atoms with E-state index in [9.17, 15) is 0 Å². The highest BCUT2D eigenvalue weighted by molar-refractivity contribution is 6.07. The topological polar surface area (TPSA) is 15.7 Å². The van der Waals surface area contributed by atoms with Crippen molar-refractivity contribution in [3.05, 3.63) is 216 Å². The van der Waals surface area contributed by atoms with Crippen LogP contribution >= 0.6 is 0 Å². The maximum atomic E-state index is 6.99. The Kier molecular flexibility index (Phi) is 7.62. The molecule has 292 valence electrons. The van der Waals surface area contributed by atoms with Crippen LogP contribution in [0.3, 0.4) is 0 Å². The number of hydrogen-bond donors (Lipinski definition) is 0. The Hall–Kier alpha value is -7.36. The first-order valence-corrected chi connectivity index (χ1v) is 21.3. The van der Waals surface area contributed by atoms with Crippen LogP contribution in [0, 0.1) is 0 Å². The van der Waals surface area contributed by atoms with E-state index in [1.807, 2.05) is 0 Å². The summed E-state index contributed by atoms with van der Waals surface area (Å²) >= 11 is 0. The van der Waals surface area contributed by atoms with E-state index in [0.717, 1.165) is 62.0 Å². The molecule has 0 radical (unpaired) electrons. The van der Waals surface area contributed by atoms with Crippen LogP contribution < -0.4 is 14.5 Å². The minimum atomic E-state index is -0.112. The van der Waals surface area contributed by atoms with E-state index in [1.54, 1.807) is 0 Å². The van der Waals surface area contributed by atoms with E-state index in [2.05, 4.69) is 232 Å². The molecule has 0 saturated heterocycles. The maximum absolute atomic E-state index is 6.99. The summed E-state index contributed by atoms with van der Waals surface area (Å²) in [5.74, 6) is 1.71. The largest absolute Gasteiger partial charge is 0.456 e. The Balaban J connectivity index is 0.977. The van der Waals surface area contributed by atoms with Crippen LogP contribution in [0.4, 0.5) is 34.1 Å². The lowest BCUT2D eigenvalue weighted by atomic mass is 9.82. The first-order chi connectivity index (χ1) is 29.8. The average molecular weight is 785 g/mol. The number of para-hydroxylation sites is 2. The zero-order valence-corrected chi connectivity index (χ0v) is 34.8. The molecule has 0 bridgehead atoms. The third-order valence-electron chi connectivity index (χ3n) is 13.6. The summed E-state index contributed by atoms with van der Waals surface area (Å²) in [6.07, 6.45) is 0. The van der Waals surface area contributed by atoms with Gasteiger partial charge in [-0.3, -0.25) is 0 Å². The molecule has 2 aliphatic carbocycles. The number of anilines is 6. The Labute approximate surface area is 357 Å². The molecule has 1 heterocycles. The molecule has 0 amide bonds. The van der Waals surface area contributed by atoms with Crippen molar-refractivity contribution in [1.29, 1.82) is 0 Å². The van der Waals surface area contributed by atoms with Crippen LogP contribution in [0.25, 0.3) is 44.2 Å². The Morgan fingerprint density at radius 3 is 1.38 bits per heavy atom. The van der Waals surface area contributed by atoms with Gasteiger partial charge in [-0.15, -0.1) is 0 Å². The van der Waals surface area contributed by atoms with Gasteiger partial charge in [0.15, 0.2) is 0 Å². The van der Waals surface area contributed by atoms with Gasteiger partial charge in [-0.25, -0.2) is 0 Å². The number of ether oxygens (including phenoxy) is 1. The van der Waals surface area contributed by atoms with E-state index in [1.165, 1.54) is 50.1 Å². The highest BCUT2D eigenvalue weighted by Crippen LogP contribution is 2.55. The normalized spacial score (nSPS) is 14.3. The third-order valence-corrected chi connectivity index (χ3v) is 13.6. The molecule has 0 N–H and O–H groups in total. The summed E-state index contributed by atoms with van der Waals surface area (Å²) in [5, 5.41) is 2.26. The van der Waals surface area contributed by atoms with Crippen LogP contribution in [-0.4, -0.2) is 0 Å². The van der Waals surface area contributed by atoms with Crippen LogP contribution in [0.5, 0.6) is 11.5 Å². The van der Waals surface area contributed by atoms with Crippen molar-refractivity contribution in [2.75, 3.05) is 9.80 Å². The van der Waals surface area contributed by atoms with Crippen molar-refractivity contribution in [2.24, 2.45) is 0 Å². The van der Waals surface area contributed by atoms with Crippen molar-refractivity contribution < 1.29 is 4.74 Å². The fourth-order valence-electron chi connectivity index (χ4n) is 10.6. The molecule has 3 aliphatic rings. The Morgan fingerprint density at radius 1 is 0.311 bits per heavy atom. The summed E-state index contributed by atoms with van der Waals surface area (Å²) in [5.41, 5.74) is 19.3. The number of hydrogen-bond acceptors (Lipinski definition) is 3. The Bertz CT molecular complexity index is 3240. The molecule has 0 fully saturated rings. The van der Waals surface area contributed by atoms with Gasteiger partial charge in [-0.2, -0.15) is 0 Å². The van der Waals surface area contributed by atoms with Crippen molar-refractivity contribution >= 4 is 44.9 Å². The second-order valence-electron chi connectivity index (χ2n) is 17.8. The first kappa shape index (κ1) is 35.6. The zero-order chi connectivity index (χ0) is 41.0. The molecule has 3 nitrogen and oxygen atoms in total. The molecule has 0 unspecified atom stereocenters. The molecule has 0 aromatic heterocycles. The van der Waals surface area contributed by atoms with Crippen molar-refractivity contribution in [2.45, 2.75) is 38.5 Å². The van der Waals surface area contributed by atoms with Gasteiger partial charge >= 0.3 is 0 Å². The monoisotopic (exact) mass is 784 g/mol. The lowest BCUT2D eigenvalue weighted by Gasteiger charge is -2.31. The van der Waals surface area contributed by atoms with Gasteiger partial charge in [-0.05, 0) is 128 Å². The van der Waals surface area contributed by atoms with Gasteiger partial charge in [0.2, 0.25) is 0 Å². The molecule has 9 aromatic carbocycles. The second kappa shape index (κ2) is 13.1. The van der Waals surface area contributed by atoms with Crippen molar-refractivity contribution in [3.8, 4) is 44.9 Å². The molecule has 12 rings (SSSR count). The predicted molar refractivity (Wildman–Crippen MR) is 254 cm³/mol. The molecule has 1 aliphatic heterocycles. The number of fused-ring (bicyclic) bond motifs is 8. The van der Waals surface area contributed by atoms with Crippen LogP contribution in [0.2, 0.25) is 0 Å². The smallest absolute Gasteiger partial charge is 0.138 e. The molecular formula is C58H44N2O. The molecule has 0 saturated carbocycles. The van der Waals surface area contributed by atoms with Gasteiger partial charge in [0, 0.05) is 56.3 Å².